The molecule has 1 aromatic carbocycles. The van der Waals surface area contributed by atoms with Crippen LogP contribution in [0.15, 0.2) is 24.3 Å². The molecular formula is C12H17N3O2. The second-order valence-corrected chi connectivity index (χ2v) is 4.36. The van der Waals surface area contributed by atoms with Gasteiger partial charge in [-0.3, -0.25) is 0 Å². The fourth-order valence-electron chi connectivity index (χ4n) is 2.16. The van der Waals surface area contributed by atoms with E-state index in [0.717, 1.165) is 24.5 Å². The van der Waals surface area contributed by atoms with Crippen molar-refractivity contribution in [1.82, 2.24) is 4.90 Å². The zero-order chi connectivity index (χ0) is 12.4. The first kappa shape index (κ1) is 11.6. The third-order valence-corrected chi connectivity index (χ3v) is 3.13. The van der Waals surface area contributed by atoms with Crippen molar-refractivity contribution in [2.75, 3.05) is 30.3 Å². The number of piperazine rings is 1. The van der Waals surface area contributed by atoms with Gasteiger partial charge < -0.3 is 20.6 Å². The molecule has 1 fully saturated rings. The predicted molar refractivity (Wildman–Crippen MR) is 67.3 cm³/mol. The maximum absolute atomic E-state index is 10.9. The highest BCUT2D eigenvalue weighted by Gasteiger charge is 2.26. The highest BCUT2D eigenvalue weighted by molar-refractivity contribution is 5.66. The van der Waals surface area contributed by atoms with E-state index in [4.69, 9.17) is 10.8 Å². The van der Waals surface area contributed by atoms with Gasteiger partial charge >= 0.3 is 6.09 Å². The van der Waals surface area contributed by atoms with E-state index in [0.29, 0.717) is 6.54 Å². The third-order valence-electron chi connectivity index (χ3n) is 3.13. The highest BCUT2D eigenvalue weighted by Crippen LogP contribution is 2.20. The van der Waals surface area contributed by atoms with Gasteiger partial charge in [-0.1, -0.05) is 0 Å². The van der Waals surface area contributed by atoms with Crippen LogP contribution in [0.4, 0.5) is 16.2 Å². The van der Waals surface area contributed by atoms with Crippen LogP contribution in [-0.2, 0) is 0 Å². The largest absolute Gasteiger partial charge is 0.465 e. The van der Waals surface area contributed by atoms with Crippen LogP contribution in [-0.4, -0.2) is 41.8 Å². The van der Waals surface area contributed by atoms with Crippen LogP contribution in [0.25, 0.3) is 0 Å². The van der Waals surface area contributed by atoms with Crippen molar-refractivity contribution in [3.05, 3.63) is 24.3 Å². The molecule has 1 heterocycles. The average molecular weight is 235 g/mol. The van der Waals surface area contributed by atoms with E-state index >= 15 is 0 Å². The molecule has 5 heteroatoms. The molecule has 0 aromatic heterocycles. The first-order chi connectivity index (χ1) is 8.08. The highest BCUT2D eigenvalue weighted by atomic mass is 16.4. The second kappa shape index (κ2) is 4.53. The Bertz CT molecular complexity index is 405. The van der Waals surface area contributed by atoms with Crippen LogP contribution in [0, 0.1) is 0 Å². The molecule has 0 aliphatic carbocycles. The summed E-state index contributed by atoms with van der Waals surface area (Å²) in [6, 6.07) is 7.68. The van der Waals surface area contributed by atoms with Gasteiger partial charge in [-0.25, -0.2) is 4.79 Å². The van der Waals surface area contributed by atoms with Crippen LogP contribution in [0.5, 0.6) is 0 Å². The van der Waals surface area contributed by atoms with Crippen molar-refractivity contribution in [3.63, 3.8) is 0 Å². The molecule has 1 saturated heterocycles. The molecule has 1 aromatic rings. The van der Waals surface area contributed by atoms with Gasteiger partial charge in [-0.15, -0.1) is 0 Å². The molecule has 2 rings (SSSR count). The van der Waals surface area contributed by atoms with Crippen LogP contribution < -0.4 is 10.6 Å². The van der Waals surface area contributed by atoms with Crippen molar-refractivity contribution >= 4 is 17.5 Å². The molecule has 0 radical (unpaired) electrons. The van der Waals surface area contributed by atoms with Crippen molar-refractivity contribution in [2.24, 2.45) is 0 Å². The van der Waals surface area contributed by atoms with E-state index in [9.17, 15) is 4.79 Å². The number of anilines is 2. The van der Waals surface area contributed by atoms with E-state index in [1.807, 2.05) is 31.2 Å². The normalized spacial score (nSPS) is 20.4. The molecule has 0 spiro atoms. The summed E-state index contributed by atoms with van der Waals surface area (Å²) in [6.45, 7) is 3.91. The lowest BCUT2D eigenvalue weighted by atomic mass is 10.1. The molecule has 0 saturated carbocycles. The van der Waals surface area contributed by atoms with E-state index in [2.05, 4.69) is 4.90 Å². The van der Waals surface area contributed by atoms with Crippen molar-refractivity contribution in [1.29, 1.82) is 0 Å². The third kappa shape index (κ3) is 2.43. The molecule has 1 aliphatic heterocycles. The topological polar surface area (TPSA) is 69.8 Å². The minimum atomic E-state index is -0.838. The Labute approximate surface area is 100 Å². The number of nitrogens with zero attached hydrogens (tertiary/aromatic N) is 2. The minimum Gasteiger partial charge on any atom is -0.465 e. The number of rotatable bonds is 1. The van der Waals surface area contributed by atoms with Crippen LogP contribution in [0.2, 0.25) is 0 Å². The Hall–Kier alpha value is -1.91. The molecule has 1 aliphatic rings. The Morgan fingerprint density at radius 1 is 1.35 bits per heavy atom. The maximum Gasteiger partial charge on any atom is 0.407 e. The molecule has 1 unspecified atom stereocenters. The second-order valence-electron chi connectivity index (χ2n) is 4.36. The van der Waals surface area contributed by atoms with Crippen molar-refractivity contribution < 1.29 is 9.90 Å². The molecule has 1 amide bonds. The van der Waals surface area contributed by atoms with E-state index < -0.39 is 6.09 Å². The number of nitrogen functional groups attached to an aromatic ring is 1. The summed E-state index contributed by atoms with van der Waals surface area (Å²) < 4.78 is 0. The van der Waals surface area contributed by atoms with Gasteiger partial charge in [0.05, 0.1) is 0 Å². The van der Waals surface area contributed by atoms with Gasteiger partial charge in [0.1, 0.15) is 0 Å². The Kier molecular flexibility index (Phi) is 3.08. The van der Waals surface area contributed by atoms with Gasteiger partial charge in [-0.05, 0) is 31.2 Å². The van der Waals surface area contributed by atoms with Gasteiger partial charge in [0, 0.05) is 37.1 Å². The van der Waals surface area contributed by atoms with Crippen molar-refractivity contribution in [3.8, 4) is 0 Å². The Morgan fingerprint density at radius 2 is 2.00 bits per heavy atom. The number of amides is 1. The summed E-state index contributed by atoms with van der Waals surface area (Å²) in [4.78, 5) is 14.6. The Morgan fingerprint density at radius 3 is 2.53 bits per heavy atom. The monoisotopic (exact) mass is 235 g/mol. The fourth-order valence-corrected chi connectivity index (χ4v) is 2.16. The zero-order valence-corrected chi connectivity index (χ0v) is 9.84. The summed E-state index contributed by atoms with van der Waals surface area (Å²) in [6.07, 6.45) is -0.838. The van der Waals surface area contributed by atoms with Gasteiger partial charge in [0.15, 0.2) is 0 Å². The number of hydrogen-bond acceptors (Lipinski definition) is 3. The summed E-state index contributed by atoms with van der Waals surface area (Å²) in [5, 5.41) is 8.99. The summed E-state index contributed by atoms with van der Waals surface area (Å²) in [5.74, 6) is 0. The molecule has 92 valence electrons. The molecule has 17 heavy (non-hydrogen) atoms. The zero-order valence-electron chi connectivity index (χ0n) is 9.84. The standard InChI is InChI=1S/C12H17N3O2/c1-9-8-14(6-7-15(9)12(16)17)11-4-2-10(13)3-5-11/h2-5,9H,6-8,13H2,1H3,(H,16,17). The Balaban J connectivity index is 2.06. The first-order valence-electron chi connectivity index (χ1n) is 5.68. The van der Waals surface area contributed by atoms with Gasteiger partial charge in [-0.2, -0.15) is 0 Å². The van der Waals surface area contributed by atoms with Gasteiger partial charge in [0.25, 0.3) is 0 Å². The first-order valence-corrected chi connectivity index (χ1v) is 5.68. The molecule has 0 bridgehead atoms. The predicted octanol–water partition coefficient (Wildman–Crippen LogP) is 1.46. The van der Waals surface area contributed by atoms with Crippen LogP contribution >= 0.6 is 0 Å². The summed E-state index contributed by atoms with van der Waals surface area (Å²) >= 11 is 0. The number of nitrogens with two attached hydrogens (primary N) is 1. The molecular weight excluding hydrogens is 218 g/mol. The number of benzene rings is 1. The van der Waals surface area contributed by atoms with E-state index in [1.165, 1.54) is 4.90 Å². The maximum atomic E-state index is 10.9. The lowest BCUT2D eigenvalue weighted by Crippen LogP contribution is -2.53. The summed E-state index contributed by atoms with van der Waals surface area (Å²) in [5.41, 5.74) is 7.48. The van der Waals surface area contributed by atoms with E-state index in [1.54, 1.807) is 0 Å². The molecule has 5 nitrogen and oxygen atoms in total. The minimum absolute atomic E-state index is 0.0128. The summed E-state index contributed by atoms with van der Waals surface area (Å²) in [7, 11) is 0. The van der Waals surface area contributed by atoms with Crippen LogP contribution in [0.1, 0.15) is 6.92 Å². The van der Waals surface area contributed by atoms with Crippen molar-refractivity contribution in [2.45, 2.75) is 13.0 Å². The fraction of sp³-hybridized carbons (Fsp3) is 0.417. The van der Waals surface area contributed by atoms with Crippen LogP contribution in [0.3, 0.4) is 0 Å². The molecule has 1 atom stereocenters. The quantitative estimate of drug-likeness (QED) is 0.723. The number of carbonyl (C=O) groups is 1. The van der Waals surface area contributed by atoms with E-state index in [-0.39, 0.29) is 6.04 Å². The lowest BCUT2D eigenvalue weighted by molar-refractivity contribution is 0.123. The number of hydrogen-bond donors (Lipinski definition) is 2. The van der Waals surface area contributed by atoms with Gasteiger partial charge in [0.2, 0.25) is 0 Å². The smallest absolute Gasteiger partial charge is 0.407 e. The molecule has 3 N–H and O–H groups in total. The average Bonchev–Trinajstić information content (AvgIpc) is 2.29. The number of carboxylic acid groups (broad SMARTS) is 1. The SMILES string of the molecule is CC1CN(c2ccc(N)cc2)CCN1C(=O)O. The lowest BCUT2D eigenvalue weighted by Gasteiger charge is -2.39.